The van der Waals surface area contributed by atoms with Crippen LogP contribution in [0.25, 0.3) is 0 Å². The maximum atomic E-state index is 12.5. The number of benzene rings is 2. The van der Waals surface area contributed by atoms with Gasteiger partial charge < -0.3 is 26.0 Å². The normalized spacial score (nSPS) is 11.3. The fraction of sp³-hybridized carbons (Fsp3) is 0.200. The van der Waals surface area contributed by atoms with Crippen LogP contribution in [0.4, 0.5) is 0 Å². The van der Waals surface area contributed by atoms with Crippen LogP contribution < -0.4 is 21.1 Å². The van der Waals surface area contributed by atoms with E-state index in [0.717, 1.165) is 4.88 Å². The molecule has 1 aromatic heterocycles. The molecule has 10 heteroatoms. The second kappa shape index (κ2) is 11.8. The average molecular weight is 494 g/mol. The first-order chi connectivity index (χ1) is 16.7. The Hall–Kier alpha value is -4.18. The van der Waals surface area contributed by atoms with Gasteiger partial charge in [-0.3, -0.25) is 19.8 Å². The van der Waals surface area contributed by atoms with Crippen LogP contribution in [0.5, 0.6) is 11.5 Å². The zero-order chi connectivity index (χ0) is 25.4. The molecule has 35 heavy (non-hydrogen) atoms. The Labute approximate surface area is 207 Å². The highest BCUT2D eigenvalue weighted by atomic mass is 32.1. The Balaban J connectivity index is 1.45. The lowest BCUT2D eigenvalue weighted by Gasteiger charge is -2.24. The number of hydrogen-bond donors (Lipinski definition) is 4. The Morgan fingerprint density at radius 1 is 1.03 bits per heavy atom. The maximum absolute atomic E-state index is 12.5. The van der Waals surface area contributed by atoms with Crippen molar-refractivity contribution in [3.8, 4) is 11.5 Å². The molecule has 0 bridgehead atoms. The van der Waals surface area contributed by atoms with Gasteiger partial charge in [0.25, 0.3) is 5.91 Å². The van der Waals surface area contributed by atoms with Gasteiger partial charge in [-0.05, 0) is 49.4 Å². The van der Waals surface area contributed by atoms with Crippen molar-refractivity contribution in [3.05, 3.63) is 82.0 Å². The largest absolute Gasteiger partial charge is 0.457 e. The minimum absolute atomic E-state index is 0.0315. The minimum atomic E-state index is -0.735. The van der Waals surface area contributed by atoms with Crippen molar-refractivity contribution in [1.29, 1.82) is 5.41 Å². The molecule has 2 aromatic carbocycles. The molecule has 182 valence electrons. The smallest absolute Gasteiger partial charge is 0.251 e. The molecule has 1 heterocycles. The molecule has 3 amide bonds. The summed E-state index contributed by atoms with van der Waals surface area (Å²) in [5.41, 5.74) is 6.44. The van der Waals surface area contributed by atoms with E-state index in [4.69, 9.17) is 15.9 Å². The molecular weight excluding hydrogens is 466 g/mol. The monoisotopic (exact) mass is 493 g/mol. The molecule has 9 nitrogen and oxygen atoms in total. The quantitative estimate of drug-likeness (QED) is 0.254. The number of carbonyl (C=O) groups excluding carboxylic acids is 3. The van der Waals surface area contributed by atoms with Crippen LogP contribution in [-0.2, 0) is 16.1 Å². The molecule has 0 aliphatic rings. The van der Waals surface area contributed by atoms with Crippen molar-refractivity contribution in [3.63, 3.8) is 0 Å². The summed E-state index contributed by atoms with van der Waals surface area (Å²) in [6.07, 6.45) is 0. The first-order valence-corrected chi connectivity index (χ1v) is 11.7. The Kier molecular flexibility index (Phi) is 8.58. The number of hydrogen-bond acceptors (Lipinski definition) is 6. The van der Waals surface area contributed by atoms with Gasteiger partial charge >= 0.3 is 0 Å². The van der Waals surface area contributed by atoms with Crippen LogP contribution in [0.15, 0.2) is 66.0 Å². The van der Waals surface area contributed by atoms with Crippen molar-refractivity contribution < 1.29 is 19.1 Å². The highest BCUT2D eigenvalue weighted by Gasteiger charge is 2.22. The van der Waals surface area contributed by atoms with E-state index in [1.54, 1.807) is 42.6 Å². The summed E-state index contributed by atoms with van der Waals surface area (Å²) in [6, 6.07) is 16.9. The van der Waals surface area contributed by atoms with Crippen molar-refractivity contribution >= 4 is 34.9 Å². The van der Waals surface area contributed by atoms with E-state index >= 15 is 0 Å². The van der Waals surface area contributed by atoms with E-state index in [1.807, 2.05) is 30.3 Å². The highest BCUT2D eigenvalue weighted by molar-refractivity contribution is 7.10. The van der Waals surface area contributed by atoms with Gasteiger partial charge in [0.15, 0.2) is 0 Å². The topological polar surface area (TPSA) is 138 Å². The molecular formula is C25H27N5O4S. The van der Waals surface area contributed by atoms with E-state index in [0.29, 0.717) is 22.6 Å². The lowest BCUT2D eigenvalue weighted by molar-refractivity contribution is -0.137. The number of nitrogens with two attached hydrogens (primary N) is 1. The second-order valence-corrected chi connectivity index (χ2v) is 8.73. The zero-order valence-electron chi connectivity index (χ0n) is 19.4. The SMILES string of the molecule is C[C@@H](C(=O)NCc1cc(C(=N)N)cs1)N(C)C(=O)CNC(=O)c1ccc(Oc2ccccc2)cc1. The summed E-state index contributed by atoms with van der Waals surface area (Å²) in [4.78, 5) is 39.5. The molecule has 5 N–H and O–H groups in total. The fourth-order valence-electron chi connectivity index (χ4n) is 3.01. The van der Waals surface area contributed by atoms with E-state index in [1.165, 1.54) is 23.3 Å². The number of likely N-dealkylation sites (N-methyl/N-ethyl adjacent to an activating group) is 1. The number of nitrogens with one attached hydrogen (secondary N) is 3. The van der Waals surface area contributed by atoms with Gasteiger partial charge in [0.05, 0.1) is 13.1 Å². The first-order valence-electron chi connectivity index (χ1n) is 10.8. The highest BCUT2D eigenvalue weighted by Crippen LogP contribution is 2.21. The number of amides is 3. The Bertz CT molecular complexity index is 1190. The second-order valence-electron chi connectivity index (χ2n) is 7.74. The summed E-state index contributed by atoms with van der Waals surface area (Å²) in [5, 5.41) is 14.5. The van der Waals surface area contributed by atoms with Crippen LogP contribution in [0.1, 0.15) is 27.7 Å². The summed E-state index contributed by atoms with van der Waals surface area (Å²) in [5.74, 6) is 0.0975. The van der Waals surface area contributed by atoms with E-state index in [2.05, 4.69) is 10.6 Å². The molecule has 3 aromatic rings. The predicted molar refractivity (Wildman–Crippen MR) is 135 cm³/mol. The molecule has 0 unspecified atom stereocenters. The number of amidine groups is 1. The third-order valence-electron chi connectivity index (χ3n) is 5.25. The third-order valence-corrected chi connectivity index (χ3v) is 6.19. The number of nitrogen functional groups attached to an aromatic ring is 1. The van der Waals surface area contributed by atoms with Gasteiger partial charge in [0.2, 0.25) is 11.8 Å². The van der Waals surface area contributed by atoms with Gasteiger partial charge in [-0.1, -0.05) is 18.2 Å². The van der Waals surface area contributed by atoms with Gasteiger partial charge in [-0.2, -0.15) is 0 Å². The van der Waals surface area contributed by atoms with Crippen LogP contribution in [0, 0.1) is 5.41 Å². The number of para-hydroxylation sites is 1. The lowest BCUT2D eigenvalue weighted by atomic mass is 10.2. The van der Waals surface area contributed by atoms with Gasteiger partial charge in [-0.25, -0.2) is 0 Å². The number of rotatable bonds is 10. The maximum Gasteiger partial charge on any atom is 0.251 e. The average Bonchev–Trinajstić information content (AvgIpc) is 3.35. The van der Waals surface area contributed by atoms with Crippen molar-refractivity contribution in [2.24, 2.45) is 5.73 Å². The Morgan fingerprint density at radius 2 is 1.69 bits per heavy atom. The molecule has 1 atom stereocenters. The fourth-order valence-corrected chi connectivity index (χ4v) is 3.83. The van der Waals surface area contributed by atoms with Crippen molar-refractivity contribution in [1.82, 2.24) is 15.5 Å². The van der Waals surface area contributed by atoms with Crippen LogP contribution in [0.2, 0.25) is 0 Å². The molecule has 0 radical (unpaired) electrons. The number of nitrogens with zero attached hydrogens (tertiary/aromatic N) is 1. The van der Waals surface area contributed by atoms with Crippen molar-refractivity contribution in [2.45, 2.75) is 19.5 Å². The molecule has 3 rings (SSSR count). The molecule has 0 spiro atoms. The number of thiophene rings is 1. The van der Waals surface area contributed by atoms with Crippen LogP contribution in [-0.4, -0.2) is 48.1 Å². The molecule has 0 fully saturated rings. The zero-order valence-corrected chi connectivity index (χ0v) is 20.2. The summed E-state index contributed by atoms with van der Waals surface area (Å²) >= 11 is 1.39. The summed E-state index contributed by atoms with van der Waals surface area (Å²) in [6.45, 7) is 1.63. The molecule has 0 aliphatic carbocycles. The van der Waals surface area contributed by atoms with Crippen molar-refractivity contribution in [2.75, 3.05) is 13.6 Å². The Morgan fingerprint density at radius 3 is 2.31 bits per heavy atom. The molecule has 0 aliphatic heterocycles. The lowest BCUT2D eigenvalue weighted by Crippen LogP contribution is -2.48. The number of carbonyl (C=O) groups is 3. The third kappa shape index (κ3) is 7.15. The van der Waals surface area contributed by atoms with E-state index in [9.17, 15) is 14.4 Å². The van der Waals surface area contributed by atoms with Crippen LogP contribution in [0.3, 0.4) is 0 Å². The van der Waals surface area contributed by atoms with Crippen LogP contribution >= 0.6 is 11.3 Å². The molecule has 0 saturated heterocycles. The van der Waals surface area contributed by atoms with E-state index < -0.39 is 17.9 Å². The predicted octanol–water partition coefficient (Wildman–Crippen LogP) is 2.72. The summed E-state index contributed by atoms with van der Waals surface area (Å²) in [7, 11) is 1.51. The van der Waals surface area contributed by atoms with Gasteiger partial charge in [0, 0.05) is 28.4 Å². The standard InChI is InChI=1S/C25H27N5O4S/c1-16(24(32)28-13-21-12-18(15-35-21)23(26)27)30(2)22(31)14-29-25(33)17-8-10-20(11-9-17)34-19-6-4-3-5-7-19/h3-12,15-16H,13-14H2,1-2H3,(H3,26,27)(H,28,32)(H,29,33)/t16-/m0/s1. The summed E-state index contributed by atoms with van der Waals surface area (Å²) < 4.78 is 5.71. The van der Waals surface area contributed by atoms with E-state index in [-0.39, 0.29) is 24.8 Å². The first kappa shape index (κ1) is 25.4. The van der Waals surface area contributed by atoms with Gasteiger partial charge in [-0.15, -0.1) is 11.3 Å². The number of ether oxygens (including phenoxy) is 1. The minimum Gasteiger partial charge on any atom is -0.457 e. The van der Waals surface area contributed by atoms with Gasteiger partial charge in [0.1, 0.15) is 23.4 Å². The molecule has 0 saturated carbocycles.